The minimum Gasteiger partial charge on any atom is -0.487 e. The number of aliphatic hydroxyl groups excluding tert-OH is 1. The molecule has 1 aliphatic rings. The highest BCUT2D eigenvalue weighted by Crippen LogP contribution is 2.36. The van der Waals surface area contributed by atoms with Crippen LogP contribution in [0.4, 0.5) is 0 Å². The second kappa shape index (κ2) is 9.97. The molecule has 0 saturated heterocycles. The number of aromatic nitrogens is 1. The summed E-state index contributed by atoms with van der Waals surface area (Å²) < 4.78 is 34.6. The predicted octanol–water partition coefficient (Wildman–Crippen LogP) is 2.39. The highest BCUT2D eigenvalue weighted by Gasteiger charge is 2.38. The lowest BCUT2D eigenvalue weighted by Crippen LogP contribution is -2.50. The van der Waals surface area contributed by atoms with Crippen LogP contribution in [-0.4, -0.2) is 72.5 Å². The lowest BCUT2D eigenvalue weighted by Gasteiger charge is -2.37. The minimum atomic E-state index is -3.91. The van der Waals surface area contributed by atoms with Crippen LogP contribution in [-0.2, 0) is 14.8 Å². The van der Waals surface area contributed by atoms with Crippen LogP contribution >= 0.6 is 0 Å². The molecule has 0 aliphatic carbocycles. The van der Waals surface area contributed by atoms with Gasteiger partial charge in [-0.2, -0.15) is 4.31 Å². The molecule has 0 radical (unpaired) electrons. The van der Waals surface area contributed by atoms with E-state index in [4.69, 9.17) is 4.74 Å². The first-order valence-corrected chi connectivity index (χ1v) is 12.2. The maximum atomic E-state index is 13.5. The molecule has 1 N–H and O–H groups in total. The largest absolute Gasteiger partial charge is 0.487 e. The molecule has 8 nitrogen and oxygen atoms in total. The van der Waals surface area contributed by atoms with Crippen molar-refractivity contribution in [1.29, 1.82) is 0 Å². The van der Waals surface area contributed by atoms with Crippen LogP contribution in [0.15, 0.2) is 47.6 Å². The maximum Gasteiger partial charge on any atom is 0.247 e. The number of nitrogens with zero attached hydrogens (tertiary/aromatic N) is 3. The molecule has 174 valence electrons. The van der Waals surface area contributed by atoms with Crippen molar-refractivity contribution >= 4 is 15.9 Å². The highest BCUT2D eigenvalue weighted by molar-refractivity contribution is 7.89. The van der Waals surface area contributed by atoms with Gasteiger partial charge in [0, 0.05) is 49.9 Å². The summed E-state index contributed by atoms with van der Waals surface area (Å²) in [5.41, 5.74) is 1.61. The smallest absolute Gasteiger partial charge is 0.247 e. The summed E-state index contributed by atoms with van der Waals surface area (Å²) in [6, 6.07) is 8.08. The number of fused-ring (bicyclic) bond motifs is 1. The molecular formula is C23H31N3O5S. The van der Waals surface area contributed by atoms with Gasteiger partial charge in [-0.25, -0.2) is 8.42 Å². The van der Waals surface area contributed by atoms with Crippen molar-refractivity contribution in [1.82, 2.24) is 14.2 Å². The van der Waals surface area contributed by atoms with Gasteiger partial charge in [0.25, 0.3) is 0 Å². The normalized spacial score (nSPS) is 21.5. The Morgan fingerprint density at radius 3 is 2.72 bits per heavy atom. The van der Waals surface area contributed by atoms with Gasteiger partial charge in [-0.05, 0) is 30.7 Å². The zero-order valence-corrected chi connectivity index (χ0v) is 19.7. The van der Waals surface area contributed by atoms with Gasteiger partial charge in [-0.3, -0.25) is 9.78 Å². The van der Waals surface area contributed by atoms with Gasteiger partial charge < -0.3 is 14.7 Å². The summed E-state index contributed by atoms with van der Waals surface area (Å²) in [4.78, 5) is 18.0. The van der Waals surface area contributed by atoms with Crippen molar-refractivity contribution in [2.24, 2.45) is 5.92 Å². The molecule has 2 aromatic rings. The quantitative estimate of drug-likeness (QED) is 0.709. The Morgan fingerprint density at radius 1 is 1.34 bits per heavy atom. The van der Waals surface area contributed by atoms with E-state index in [0.29, 0.717) is 13.0 Å². The first-order valence-electron chi connectivity index (χ1n) is 10.8. The average molecular weight is 462 g/mol. The number of rotatable bonds is 6. The second-order valence-electron chi connectivity index (χ2n) is 8.27. The van der Waals surface area contributed by atoms with Gasteiger partial charge in [0.15, 0.2) is 0 Å². The summed E-state index contributed by atoms with van der Waals surface area (Å²) >= 11 is 0. The number of hydrogen-bond acceptors (Lipinski definition) is 6. The Kier molecular flexibility index (Phi) is 7.53. The topological polar surface area (TPSA) is 100 Å². The van der Waals surface area contributed by atoms with Crippen molar-refractivity contribution < 1.29 is 23.1 Å². The Balaban J connectivity index is 2.11. The van der Waals surface area contributed by atoms with Crippen LogP contribution in [0.1, 0.15) is 27.2 Å². The molecule has 3 rings (SSSR count). The van der Waals surface area contributed by atoms with Crippen molar-refractivity contribution in [3.05, 3.63) is 42.7 Å². The first-order chi connectivity index (χ1) is 15.2. The van der Waals surface area contributed by atoms with E-state index in [1.165, 1.54) is 10.4 Å². The molecule has 0 spiro atoms. The molecule has 9 heteroatoms. The molecule has 32 heavy (non-hydrogen) atoms. The van der Waals surface area contributed by atoms with Gasteiger partial charge in [0.1, 0.15) is 16.7 Å². The Morgan fingerprint density at radius 2 is 2.09 bits per heavy atom. The number of likely N-dealkylation sites (N-methyl/N-ethyl adjacent to an activating group) is 1. The molecular weight excluding hydrogens is 430 g/mol. The van der Waals surface area contributed by atoms with Crippen molar-refractivity contribution in [2.75, 3.05) is 26.7 Å². The summed E-state index contributed by atoms with van der Waals surface area (Å²) in [5.74, 6) is -0.00290. The predicted molar refractivity (Wildman–Crippen MR) is 122 cm³/mol. The number of ether oxygens (including phenoxy) is 1. The molecule has 1 aromatic carbocycles. The van der Waals surface area contributed by atoms with Gasteiger partial charge in [-0.1, -0.05) is 26.0 Å². The number of carbonyl (C=O) groups is 1. The van der Waals surface area contributed by atoms with E-state index in [1.807, 2.05) is 19.1 Å². The van der Waals surface area contributed by atoms with Gasteiger partial charge in [0.2, 0.25) is 15.9 Å². The minimum absolute atomic E-state index is 0.0135. The van der Waals surface area contributed by atoms with Crippen molar-refractivity contribution in [3.63, 3.8) is 0 Å². The SMILES string of the molecule is CCC(=O)N(C)C[C@H]1Oc2cc(-c3cccnc3)ccc2S(=O)(=O)N([C@H](C)CO)C[C@H]1C. The van der Waals surface area contributed by atoms with E-state index in [1.54, 1.807) is 50.3 Å². The van der Waals surface area contributed by atoms with Crippen LogP contribution in [0.5, 0.6) is 5.75 Å². The van der Waals surface area contributed by atoms with Gasteiger partial charge in [-0.15, -0.1) is 0 Å². The zero-order valence-electron chi connectivity index (χ0n) is 18.9. The average Bonchev–Trinajstić information content (AvgIpc) is 2.80. The molecule has 1 aliphatic heterocycles. The Labute approximate surface area is 189 Å². The molecule has 2 heterocycles. The van der Waals surface area contributed by atoms with Crippen LogP contribution in [0, 0.1) is 5.92 Å². The molecule has 0 bridgehead atoms. The summed E-state index contributed by atoms with van der Waals surface area (Å²) in [6.07, 6.45) is 3.32. The van der Waals surface area contributed by atoms with E-state index < -0.39 is 22.2 Å². The number of pyridine rings is 1. The van der Waals surface area contributed by atoms with E-state index >= 15 is 0 Å². The zero-order chi connectivity index (χ0) is 23.5. The lowest BCUT2D eigenvalue weighted by molar-refractivity contribution is -0.131. The first kappa shape index (κ1) is 24.2. The van der Waals surface area contributed by atoms with E-state index in [0.717, 1.165) is 11.1 Å². The fourth-order valence-electron chi connectivity index (χ4n) is 3.80. The Bertz CT molecular complexity index is 1040. The third-order valence-electron chi connectivity index (χ3n) is 5.84. The molecule has 1 aromatic heterocycles. The number of aliphatic hydroxyl groups is 1. The van der Waals surface area contributed by atoms with Crippen molar-refractivity contribution in [2.45, 2.75) is 44.2 Å². The van der Waals surface area contributed by atoms with Crippen molar-refractivity contribution in [3.8, 4) is 16.9 Å². The van der Waals surface area contributed by atoms with Crippen LogP contribution in [0.3, 0.4) is 0 Å². The van der Waals surface area contributed by atoms with E-state index in [2.05, 4.69) is 4.98 Å². The molecule has 0 saturated carbocycles. The van der Waals surface area contributed by atoms with Gasteiger partial charge >= 0.3 is 0 Å². The third kappa shape index (κ3) is 4.95. The molecule has 0 fully saturated rings. The van der Waals surface area contributed by atoms with E-state index in [9.17, 15) is 18.3 Å². The third-order valence-corrected chi connectivity index (χ3v) is 7.86. The highest BCUT2D eigenvalue weighted by atomic mass is 32.2. The molecule has 3 atom stereocenters. The number of carbonyl (C=O) groups excluding carboxylic acids is 1. The standard InChI is InChI=1S/C23H31N3O5S/c1-5-23(28)25(4)14-21-16(2)13-26(17(3)15-27)32(29,30)22-9-8-18(11-20(22)31-21)19-7-6-10-24-12-19/h6-12,16-17,21,27H,5,13-15H2,1-4H3/t16-,17-,21-/m1/s1. The number of benzene rings is 1. The van der Waals surface area contributed by atoms with Crippen LogP contribution in [0.25, 0.3) is 11.1 Å². The maximum absolute atomic E-state index is 13.5. The number of sulfonamides is 1. The molecule has 0 unspecified atom stereocenters. The summed E-state index contributed by atoms with van der Waals surface area (Å²) in [7, 11) is -2.19. The summed E-state index contributed by atoms with van der Waals surface area (Å²) in [5, 5.41) is 9.73. The van der Waals surface area contributed by atoms with Crippen LogP contribution in [0.2, 0.25) is 0 Å². The lowest BCUT2D eigenvalue weighted by atomic mass is 10.0. The summed E-state index contributed by atoms with van der Waals surface area (Å²) in [6.45, 7) is 5.58. The Hall–Kier alpha value is -2.49. The monoisotopic (exact) mass is 461 g/mol. The number of hydrogen-bond donors (Lipinski definition) is 1. The van der Waals surface area contributed by atoms with Crippen LogP contribution < -0.4 is 4.74 Å². The second-order valence-corrected chi connectivity index (χ2v) is 10.1. The fourth-order valence-corrected chi connectivity index (χ4v) is 5.62. The van der Waals surface area contributed by atoms with Gasteiger partial charge in [0.05, 0.1) is 13.2 Å². The number of amides is 1. The fraction of sp³-hybridized carbons (Fsp3) is 0.478. The van der Waals surface area contributed by atoms with E-state index in [-0.39, 0.29) is 35.6 Å². The molecule has 1 amide bonds.